The van der Waals surface area contributed by atoms with Gasteiger partial charge in [-0.1, -0.05) is 19.8 Å². The molecular formula is C15H25FN4. The van der Waals surface area contributed by atoms with E-state index in [0.29, 0.717) is 5.92 Å². The molecule has 3 atom stereocenters. The molecule has 1 aromatic heterocycles. The molecular weight excluding hydrogens is 255 g/mol. The van der Waals surface area contributed by atoms with Crippen molar-refractivity contribution in [1.82, 2.24) is 15.3 Å². The monoisotopic (exact) mass is 280 g/mol. The van der Waals surface area contributed by atoms with Crippen molar-refractivity contribution in [2.45, 2.75) is 44.2 Å². The maximum atomic E-state index is 13.5. The predicted molar refractivity (Wildman–Crippen MR) is 78.3 cm³/mol. The maximum absolute atomic E-state index is 13.5. The van der Waals surface area contributed by atoms with Crippen LogP contribution >= 0.6 is 0 Å². The van der Waals surface area contributed by atoms with Crippen LogP contribution in [-0.2, 0) is 0 Å². The third-order valence-electron chi connectivity index (χ3n) is 4.66. The first kappa shape index (κ1) is 15.4. The molecule has 0 amide bonds. The predicted octanol–water partition coefficient (Wildman–Crippen LogP) is 2.24. The fourth-order valence-electron chi connectivity index (χ4n) is 3.64. The van der Waals surface area contributed by atoms with Crippen LogP contribution < -0.4 is 11.3 Å². The molecule has 3 N–H and O–H groups in total. The quantitative estimate of drug-likeness (QED) is 0.656. The summed E-state index contributed by atoms with van der Waals surface area (Å²) in [5, 5.41) is 0. The van der Waals surface area contributed by atoms with Gasteiger partial charge >= 0.3 is 0 Å². The van der Waals surface area contributed by atoms with Crippen molar-refractivity contribution in [3.05, 3.63) is 29.8 Å². The number of rotatable bonds is 4. The zero-order valence-electron chi connectivity index (χ0n) is 12.6. The minimum Gasteiger partial charge on any atom is -0.302 e. The average Bonchev–Trinajstić information content (AvgIpc) is 2.39. The fraction of sp³-hybridized carbons (Fsp3) is 0.667. The van der Waals surface area contributed by atoms with Crippen molar-refractivity contribution in [2.75, 3.05) is 14.1 Å². The molecule has 5 heteroatoms. The lowest BCUT2D eigenvalue weighted by molar-refractivity contribution is 0.0364. The second-order valence-corrected chi connectivity index (χ2v) is 6.24. The molecule has 4 nitrogen and oxygen atoms in total. The number of nitrogens with two attached hydrogens (primary N) is 1. The molecule has 2 rings (SSSR count). The van der Waals surface area contributed by atoms with E-state index in [1.165, 1.54) is 25.1 Å². The molecule has 0 aliphatic heterocycles. The molecule has 1 aliphatic rings. The van der Waals surface area contributed by atoms with E-state index in [9.17, 15) is 4.39 Å². The summed E-state index contributed by atoms with van der Waals surface area (Å²) >= 11 is 0. The largest absolute Gasteiger partial charge is 0.302 e. The highest BCUT2D eigenvalue weighted by molar-refractivity contribution is 5.21. The van der Waals surface area contributed by atoms with Crippen molar-refractivity contribution in [2.24, 2.45) is 11.8 Å². The molecule has 1 fully saturated rings. The van der Waals surface area contributed by atoms with Gasteiger partial charge in [-0.05, 0) is 44.5 Å². The molecule has 0 aromatic carbocycles. The molecule has 1 aromatic rings. The van der Waals surface area contributed by atoms with E-state index in [2.05, 4.69) is 36.3 Å². The second-order valence-electron chi connectivity index (χ2n) is 6.24. The Labute approximate surface area is 120 Å². The summed E-state index contributed by atoms with van der Waals surface area (Å²) in [6.07, 6.45) is 7.44. The van der Waals surface area contributed by atoms with Gasteiger partial charge in [-0.25, -0.2) is 4.39 Å². The van der Waals surface area contributed by atoms with Crippen molar-refractivity contribution < 1.29 is 4.39 Å². The first-order chi connectivity index (χ1) is 9.49. The number of nitrogens with one attached hydrogen (secondary N) is 1. The highest BCUT2D eigenvalue weighted by Gasteiger charge is 2.44. The van der Waals surface area contributed by atoms with E-state index in [1.807, 2.05) is 0 Å². The molecule has 1 aliphatic carbocycles. The Morgan fingerprint density at radius 1 is 1.50 bits per heavy atom. The van der Waals surface area contributed by atoms with Crippen LogP contribution in [0.5, 0.6) is 0 Å². The number of aromatic nitrogens is 1. The second kappa shape index (κ2) is 6.16. The van der Waals surface area contributed by atoms with Gasteiger partial charge in [-0.15, -0.1) is 0 Å². The van der Waals surface area contributed by atoms with E-state index in [-0.39, 0.29) is 17.4 Å². The first-order valence-electron chi connectivity index (χ1n) is 7.23. The number of pyridine rings is 1. The minimum atomic E-state index is -0.319. The number of hydrogen-bond acceptors (Lipinski definition) is 4. The van der Waals surface area contributed by atoms with Gasteiger partial charge < -0.3 is 4.90 Å². The van der Waals surface area contributed by atoms with Crippen LogP contribution in [0.15, 0.2) is 18.5 Å². The van der Waals surface area contributed by atoms with E-state index in [1.54, 1.807) is 6.20 Å². The van der Waals surface area contributed by atoms with E-state index >= 15 is 0 Å². The Bertz CT molecular complexity index is 451. The van der Waals surface area contributed by atoms with Gasteiger partial charge in [0, 0.05) is 11.7 Å². The number of hydrazine groups is 1. The van der Waals surface area contributed by atoms with Gasteiger partial charge in [-0.3, -0.25) is 16.3 Å². The van der Waals surface area contributed by atoms with Crippen molar-refractivity contribution in [3.63, 3.8) is 0 Å². The molecule has 3 unspecified atom stereocenters. The molecule has 0 bridgehead atoms. The van der Waals surface area contributed by atoms with E-state index in [4.69, 9.17) is 5.84 Å². The number of halogens is 1. The summed E-state index contributed by atoms with van der Waals surface area (Å²) < 4.78 is 13.5. The Hall–Kier alpha value is -1.04. The van der Waals surface area contributed by atoms with Crippen LogP contribution in [0.25, 0.3) is 0 Å². The zero-order chi connectivity index (χ0) is 14.8. The smallest absolute Gasteiger partial charge is 0.141 e. The Morgan fingerprint density at radius 3 is 2.80 bits per heavy atom. The summed E-state index contributed by atoms with van der Waals surface area (Å²) in [6, 6.07) is 1.41. The van der Waals surface area contributed by atoms with Crippen LogP contribution in [0.4, 0.5) is 4.39 Å². The standard InChI is InChI=1S/C15H25FN4/c1-11-5-4-6-15(8-11,20(2)3)14(19-17)12-7-13(16)10-18-9-12/h7,9-11,14,19H,4-6,8,17H2,1-3H3. The van der Waals surface area contributed by atoms with Crippen LogP contribution in [-0.4, -0.2) is 29.5 Å². The maximum Gasteiger partial charge on any atom is 0.141 e. The average molecular weight is 280 g/mol. The van der Waals surface area contributed by atoms with Crippen molar-refractivity contribution in [3.8, 4) is 0 Å². The molecule has 0 radical (unpaired) electrons. The number of likely N-dealkylation sites (N-methyl/N-ethyl adjacent to an activating group) is 1. The normalized spacial score (nSPS) is 28.6. The molecule has 1 heterocycles. The Kier molecular flexibility index (Phi) is 4.73. The summed E-state index contributed by atoms with van der Waals surface area (Å²) in [4.78, 5) is 6.20. The van der Waals surface area contributed by atoms with Crippen LogP contribution in [0.2, 0.25) is 0 Å². The summed E-state index contributed by atoms with van der Waals surface area (Å²) in [7, 11) is 4.16. The van der Waals surface area contributed by atoms with Gasteiger partial charge in [0.05, 0.1) is 12.2 Å². The van der Waals surface area contributed by atoms with Gasteiger partial charge in [0.1, 0.15) is 5.82 Å². The Balaban J connectivity index is 2.40. The minimum absolute atomic E-state index is 0.0953. The van der Waals surface area contributed by atoms with E-state index in [0.717, 1.165) is 18.4 Å². The lowest BCUT2D eigenvalue weighted by Gasteiger charge is -2.50. The van der Waals surface area contributed by atoms with Crippen LogP contribution in [0, 0.1) is 11.7 Å². The third-order valence-corrected chi connectivity index (χ3v) is 4.66. The van der Waals surface area contributed by atoms with Crippen LogP contribution in [0.3, 0.4) is 0 Å². The van der Waals surface area contributed by atoms with Gasteiger partial charge in [-0.2, -0.15) is 0 Å². The molecule has 1 saturated carbocycles. The van der Waals surface area contributed by atoms with Gasteiger partial charge in [0.15, 0.2) is 0 Å². The number of hydrogen-bond donors (Lipinski definition) is 2. The topological polar surface area (TPSA) is 54.2 Å². The third kappa shape index (κ3) is 2.85. The summed E-state index contributed by atoms with van der Waals surface area (Å²) in [5.74, 6) is 6.15. The van der Waals surface area contributed by atoms with E-state index < -0.39 is 0 Å². The summed E-state index contributed by atoms with van der Waals surface area (Å²) in [6.45, 7) is 2.27. The van der Waals surface area contributed by atoms with Gasteiger partial charge in [0.25, 0.3) is 0 Å². The lowest BCUT2D eigenvalue weighted by atomic mass is 9.70. The van der Waals surface area contributed by atoms with Crippen molar-refractivity contribution in [1.29, 1.82) is 0 Å². The summed E-state index contributed by atoms with van der Waals surface area (Å²) in [5.41, 5.74) is 3.63. The number of nitrogens with zero attached hydrogens (tertiary/aromatic N) is 2. The lowest BCUT2D eigenvalue weighted by Crippen LogP contribution is -2.57. The van der Waals surface area contributed by atoms with Gasteiger partial charge in [0.2, 0.25) is 0 Å². The zero-order valence-corrected chi connectivity index (χ0v) is 12.6. The SMILES string of the molecule is CC1CCCC(C(NN)c2cncc(F)c2)(N(C)C)C1. The van der Waals surface area contributed by atoms with Crippen molar-refractivity contribution >= 4 is 0 Å². The highest BCUT2D eigenvalue weighted by Crippen LogP contribution is 2.43. The first-order valence-corrected chi connectivity index (χ1v) is 7.23. The fourth-order valence-corrected chi connectivity index (χ4v) is 3.64. The van der Waals surface area contributed by atoms with Crippen LogP contribution in [0.1, 0.15) is 44.2 Å². The molecule has 20 heavy (non-hydrogen) atoms. The Morgan fingerprint density at radius 2 is 2.25 bits per heavy atom. The molecule has 112 valence electrons. The molecule has 0 spiro atoms. The molecule has 0 saturated heterocycles. The highest BCUT2D eigenvalue weighted by atomic mass is 19.1.